The predicted molar refractivity (Wildman–Crippen MR) is 59.6 cm³/mol. The van der Waals surface area contributed by atoms with Crippen molar-refractivity contribution >= 4 is 5.97 Å². The van der Waals surface area contributed by atoms with Crippen molar-refractivity contribution in [3.05, 3.63) is 28.4 Å². The molecule has 0 saturated carbocycles. The maximum atomic E-state index is 10.7. The summed E-state index contributed by atoms with van der Waals surface area (Å²) in [7, 11) is 0. The highest BCUT2D eigenvalue weighted by Gasteiger charge is 2.21. The Balaban J connectivity index is 2.78. The van der Waals surface area contributed by atoms with Gasteiger partial charge in [0.2, 0.25) is 0 Å². The van der Waals surface area contributed by atoms with E-state index in [-0.39, 0.29) is 12.1 Å². The summed E-state index contributed by atoms with van der Waals surface area (Å²) >= 11 is 0. The second kappa shape index (κ2) is 6.01. The summed E-state index contributed by atoms with van der Waals surface area (Å²) in [5.41, 5.74) is 8.34. The standard InChI is InChI=1S/C9H13N5O4/c1-5(9(17)18)14-4-6(2-12-14)8(16)7(15)3-11-13-10/h2,4-5,7-8,15-16H,3H2,1H3,(H,17,18)/t5-,7?,8?/m0/s1. The van der Waals surface area contributed by atoms with Crippen LogP contribution in [0.15, 0.2) is 17.5 Å². The molecule has 0 aliphatic heterocycles. The van der Waals surface area contributed by atoms with Crippen molar-refractivity contribution in [1.29, 1.82) is 0 Å². The molecule has 9 nitrogen and oxygen atoms in total. The monoisotopic (exact) mass is 255 g/mol. The molecule has 2 unspecified atom stereocenters. The Morgan fingerprint density at radius 2 is 2.33 bits per heavy atom. The van der Waals surface area contributed by atoms with Gasteiger partial charge in [-0.1, -0.05) is 5.11 Å². The zero-order valence-corrected chi connectivity index (χ0v) is 9.58. The second-order valence-electron chi connectivity index (χ2n) is 3.69. The first-order chi connectivity index (χ1) is 8.47. The second-order valence-corrected chi connectivity index (χ2v) is 3.69. The lowest BCUT2D eigenvalue weighted by Gasteiger charge is -2.13. The first-order valence-electron chi connectivity index (χ1n) is 5.11. The number of aromatic nitrogens is 2. The zero-order chi connectivity index (χ0) is 13.7. The lowest BCUT2D eigenvalue weighted by molar-refractivity contribution is -0.140. The molecule has 1 heterocycles. The fourth-order valence-corrected chi connectivity index (χ4v) is 1.27. The number of rotatable bonds is 6. The molecular formula is C9H13N5O4. The number of aliphatic carboxylic acids is 1. The number of azide groups is 1. The average molecular weight is 255 g/mol. The predicted octanol–water partition coefficient (Wildman–Crippen LogP) is 0.233. The lowest BCUT2D eigenvalue weighted by Crippen LogP contribution is -2.21. The van der Waals surface area contributed by atoms with Crippen molar-refractivity contribution in [3.8, 4) is 0 Å². The molecule has 0 saturated heterocycles. The van der Waals surface area contributed by atoms with Crippen molar-refractivity contribution in [1.82, 2.24) is 9.78 Å². The molecule has 0 aliphatic carbocycles. The van der Waals surface area contributed by atoms with Gasteiger partial charge >= 0.3 is 5.97 Å². The van der Waals surface area contributed by atoms with Crippen molar-refractivity contribution in [2.24, 2.45) is 5.11 Å². The molecule has 0 radical (unpaired) electrons. The van der Waals surface area contributed by atoms with Gasteiger partial charge in [0.25, 0.3) is 0 Å². The van der Waals surface area contributed by atoms with Gasteiger partial charge in [0.05, 0.1) is 18.8 Å². The van der Waals surface area contributed by atoms with E-state index in [0.717, 1.165) is 4.68 Å². The Morgan fingerprint density at radius 3 is 2.89 bits per heavy atom. The minimum absolute atomic E-state index is 0.253. The maximum absolute atomic E-state index is 10.7. The van der Waals surface area contributed by atoms with Crippen LogP contribution in [0.3, 0.4) is 0 Å². The van der Waals surface area contributed by atoms with E-state index in [1.54, 1.807) is 0 Å². The molecule has 98 valence electrons. The van der Waals surface area contributed by atoms with E-state index in [1.807, 2.05) is 0 Å². The van der Waals surface area contributed by atoms with Crippen LogP contribution in [0, 0.1) is 0 Å². The van der Waals surface area contributed by atoms with Crippen molar-refractivity contribution in [2.45, 2.75) is 25.2 Å². The Labute approximate surface area is 102 Å². The van der Waals surface area contributed by atoms with Gasteiger partial charge in [-0.15, -0.1) is 0 Å². The first-order valence-corrected chi connectivity index (χ1v) is 5.11. The van der Waals surface area contributed by atoms with E-state index in [1.165, 1.54) is 19.3 Å². The maximum Gasteiger partial charge on any atom is 0.328 e. The Hall–Kier alpha value is -2.09. The molecule has 0 fully saturated rings. The fourth-order valence-electron chi connectivity index (χ4n) is 1.27. The summed E-state index contributed by atoms with van der Waals surface area (Å²) in [6, 6.07) is -0.875. The number of carboxylic acid groups (broad SMARTS) is 1. The van der Waals surface area contributed by atoms with E-state index in [4.69, 9.17) is 10.6 Å². The molecule has 1 aromatic heterocycles. The van der Waals surface area contributed by atoms with Gasteiger partial charge in [0.1, 0.15) is 12.1 Å². The molecule has 1 aromatic rings. The molecule has 0 amide bonds. The van der Waals surface area contributed by atoms with E-state index in [9.17, 15) is 15.0 Å². The number of aliphatic hydroxyl groups excluding tert-OH is 2. The van der Waals surface area contributed by atoms with Crippen molar-refractivity contribution in [2.75, 3.05) is 6.54 Å². The molecule has 0 bridgehead atoms. The van der Waals surface area contributed by atoms with Crippen LogP contribution >= 0.6 is 0 Å². The SMILES string of the molecule is C[C@@H](C(=O)O)n1cc(C(O)C(O)CN=[N+]=[N-])cn1. The van der Waals surface area contributed by atoms with Gasteiger partial charge in [0, 0.05) is 16.7 Å². The molecular weight excluding hydrogens is 242 g/mol. The van der Waals surface area contributed by atoms with E-state index in [2.05, 4.69) is 15.1 Å². The van der Waals surface area contributed by atoms with Gasteiger partial charge < -0.3 is 15.3 Å². The van der Waals surface area contributed by atoms with Crippen LogP contribution in [0.5, 0.6) is 0 Å². The molecule has 18 heavy (non-hydrogen) atoms. The summed E-state index contributed by atoms with van der Waals surface area (Å²) < 4.78 is 1.15. The van der Waals surface area contributed by atoms with Crippen LogP contribution in [0.4, 0.5) is 0 Å². The van der Waals surface area contributed by atoms with Gasteiger partial charge in [-0.05, 0) is 12.5 Å². The van der Waals surface area contributed by atoms with E-state index >= 15 is 0 Å². The number of hydrogen-bond donors (Lipinski definition) is 3. The third-order valence-electron chi connectivity index (χ3n) is 2.41. The van der Waals surface area contributed by atoms with Crippen molar-refractivity contribution in [3.63, 3.8) is 0 Å². The summed E-state index contributed by atoms with van der Waals surface area (Å²) in [4.78, 5) is 13.2. The molecule has 3 atom stereocenters. The fraction of sp³-hybridized carbons (Fsp3) is 0.556. The third-order valence-corrected chi connectivity index (χ3v) is 2.41. The normalized spacial score (nSPS) is 15.5. The van der Waals surface area contributed by atoms with Crippen LogP contribution in [0.2, 0.25) is 0 Å². The minimum atomic E-state index is -1.29. The molecule has 3 N–H and O–H groups in total. The van der Waals surface area contributed by atoms with Crippen LogP contribution in [0.25, 0.3) is 10.4 Å². The highest BCUT2D eigenvalue weighted by Crippen LogP contribution is 2.18. The smallest absolute Gasteiger partial charge is 0.328 e. The Morgan fingerprint density at radius 1 is 1.67 bits per heavy atom. The largest absolute Gasteiger partial charge is 0.480 e. The van der Waals surface area contributed by atoms with Gasteiger partial charge in [0.15, 0.2) is 0 Å². The first kappa shape index (κ1) is 14.0. The summed E-state index contributed by atoms with van der Waals surface area (Å²) in [6.07, 6.45) is 0.0237. The Bertz CT molecular complexity index is 467. The van der Waals surface area contributed by atoms with Gasteiger partial charge in [-0.3, -0.25) is 4.68 Å². The molecule has 0 aromatic carbocycles. The Kier molecular flexibility index (Phi) is 4.67. The van der Waals surface area contributed by atoms with Crippen molar-refractivity contribution < 1.29 is 20.1 Å². The number of hydrogen-bond acceptors (Lipinski definition) is 5. The van der Waals surface area contributed by atoms with E-state index in [0.29, 0.717) is 0 Å². The molecule has 9 heteroatoms. The van der Waals surface area contributed by atoms with Crippen LogP contribution in [-0.2, 0) is 4.79 Å². The average Bonchev–Trinajstić information content (AvgIpc) is 2.83. The van der Waals surface area contributed by atoms with Gasteiger partial charge in [-0.2, -0.15) is 5.10 Å². The highest BCUT2D eigenvalue weighted by molar-refractivity contribution is 5.71. The highest BCUT2D eigenvalue weighted by atomic mass is 16.4. The summed E-state index contributed by atoms with van der Waals surface area (Å²) in [5, 5.41) is 34.9. The zero-order valence-electron chi connectivity index (χ0n) is 9.58. The summed E-state index contributed by atoms with van der Waals surface area (Å²) in [6.45, 7) is 1.15. The van der Waals surface area contributed by atoms with Crippen LogP contribution in [-0.4, -0.2) is 43.7 Å². The number of nitrogens with zero attached hydrogens (tertiary/aromatic N) is 5. The summed E-state index contributed by atoms with van der Waals surface area (Å²) in [5.74, 6) is -1.06. The minimum Gasteiger partial charge on any atom is -0.480 e. The molecule has 0 aliphatic rings. The molecule has 0 spiro atoms. The third kappa shape index (κ3) is 3.20. The number of aliphatic hydroxyl groups is 2. The van der Waals surface area contributed by atoms with E-state index < -0.39 is 24.2 Å². The topological polar surface area (TPSA) is 144 Å². The van der Waals surface area contributed by atoms with Crippen LogP contribution in [0.1, 0.15) is 24.6 Å². The number of carboxylic acids is 1. The quantitative estimate of drug-likeness (QED) is 0.378. The van der Waals surface area contributed by atoms with Crippen LogP contribution < -0.4 is 0 Å². The lowest BCUT2D eigenvalue weighted by atomic mass is 10.1. The molecule has 1 rings (SSSR count). The number of carbonyl (C=O) groups is 1. The van der Waals surface area contributed by atoms with Gasteiger partial charge in [-0.25, -0.2) is 4.79 Å².